The van der Waals surface area contributed by atoms with Crippen molar-refractivity contribution in [1.29, 1.82) is 0 Å². The van der Waals surface area contributed by atoms with Crippen LogP contribution in [0.2, 0.25) is 0 Å². The first-order valence-corrected chi connectivity index (χ1v) is 7.59. The van der Waals surface area contributed by atoms with Gasteiger partial charge in [-0.1, -0.05) is 30.3 Å². The van der Waals surface area contributed by atoms with E-state index < -0.39 is 11.8 Å². The minimum atomic E-state index is -0.463. The minimum absolute atomic E-state index is 0.0622. The third kappa shape index (κ3) is 5.31. The van der Waals surface area contributed by atoms with Gasteiger partial charge in [0.1, 0.15) is 11.5 Å². The number of benzene rings is 2. The van der Waals surface area contributed by atoms with E-state index in [4.69, 9.17) is 9.47 Å². The highest BCUT2D eigenvalue weighted by Crippen LogP contribution is 2.18. The Kier molecular flexibility index (Phi) is 6.19. The van der Waals surface area contributed by atoms with E-state index in [9.17, 15) is 9.59 Å². The lowest BCUT2D eigenvalue weighted by molar-refractivity contribution is -0.123. The Balaban J connectivity index is 1.85. The van der Waals surface area contributed by atoms with Crippen LogP contribution in [0.3, 0.4) is 0 Å². The Hall–Kier alpha value is -3.02. The molecule has 0 saturated carbocycles. The smallest absolute Gasteiger partial charge is 0.276 e. The average molecular weight is 328 g/mol. The second kappa shape index (κ2) is 8.57. The number of hydrogen-bond acceptors (Lipinski definition) is 4. The zero-order chi connectivity index (χ0) is 17.4. The molecule has 2 rings (SSSR count). The molecule has 0 atom stereocenters. The van der Waals surface area contributed by atoms with Crippen molar-refractivity contribution in [3.05, 3.63) is 60.2 Å². The summed E-state index contributed by atoms with van der Waals surface area (Å²) >= 11 is 0. The molecule has 0 fully saturated rings. The van der Waals surface area contributed by atoms with Crippen LogP contribution in [0.4, 0.5) is 0 Å². The third-order valence-electron chi connectivity index (χ3n) is 2.92. The standard InChI is InChI=1S/C18H20N2O4/c1-13(2)24-16-11-7-6-10-15(16)18(22)20-19-17(21)12-23-14-8-4-3-5-9-14/h3-11,13H,12H2,1-2H3,(H,19,21)(H,20,22). The minimum Gasteiger partial charge on any atom is -0.490 e. The number of rotatable bonds is 6. The van der Waals surface area contributed by atoms with Crippen molar-refractivity contribution in [3.8, 4) is 11.5 Å². The van der Waals surface area contributed by atoms with Crippen molar-refractivity contribution in [3.63, 3.8) is 0 Å². The number of para-hydroxylation sites is 2. The first-order chi connectivity index (χ1) is 11.6. The summed E-state index contributed by atoms with van der Waals surface area (Å²) in [4.78, 5) is 23.9. The van der Waals surface area contributed by atoms with E-state index in [0.29, 0.717) is 17.1 Å². The van der Waals surface area contributed by atoms with Crippen LogP contribution in [0, 0.1) is 0 Å². The molecule has 0 aliphatic carbocycles. The highest BCUT2D eigenvalue weighted by molar-refractivity contribution is 5.97. The lowest BCUT2D eigenvalue weighted by Gasteiger charge is -2.14. The maximum atomic E-state index is 12.2. The zero-order valence-electron chi connectivity index (χ0n) is 13.6. The van der Waals surface area contributed by atoms with Gasteiger partial charge in [0.25, 0.3) is 11.8 Å². The fourth-order valence-corrected chi connectivity index (χ4v) is 1.91. The van der Waals surface area contributed by atoms with Crippen molar-refractivity contribution >= 4 is 11.8 Å². The van der Waals surface area contributed by atoms with Gasteiger partial charge in [0, 0.05) is 0 Å². The predicted octanol–water partition coefficient (Wildman–Crippen LogP) is 2.31. The average Bonchev–Trinajstić information content (AvgIpc) is 2.58. The van der Waals surface area contributed by atoms with Crippen molar-refractivity contribution in [2.75, 3.05) is 6.61 Å². The maximum Gasteiger partial charge on any atom is 0.276 e. The molecule has 24 heavy (non-hydrogen) atoms. The predicted molar refractivity (Wildman–Crippen MR) is 89.8 cm³/mol. The monoisotopic (exact) mass is 328 g/mol. The van der Waals surface area contributed by atoms with Gasteiger partial charge in [-0.25, -0.2) is 0 Å². The van der Waals surface area contributed by atoms with Gasteiger partial charge in [0.2, 0.25) is 0 Å². The normalized spacial score (nSPS) is 10.1. The van der Waals surface area contributed by atoms with E-state index in [2.05, 4.69) is 10.9 Å². The molecule has 0 bridgehead atoms. The van der Waals surface area contributed by atoms with Gasteiger partial charge >= 0.3 is 0 Å². The second-order valence-electron chi connectivity index (χ2n) is 5.27. The van der Waals surface area contributed by atoms with Crippen LogP contribution >= 0.6 is 0 Å². The van der Waals surface area contributed by atoms with Gasteiger partial charge in [-0.3, -0.25) is 20.4 Å². The molecule has 0 radical (unpaired) electrons. The molecule has 0 saturated heterocycles. The van der Waals surface area contributed by atoms with Crippen LogP contribution in [-0.4, -0.2) is 24.5 Å². The Morgan fingerprint density at radius 3 is 2.33 bits per heavy atom. The van der Waals surface area contributed by atoms with Crippen LogP contribution in [0.25, 0.3) is 0 Å². The zero-order valence-corrected chi connectivity index (χ0v) is 13.6. The molecule has 2 aromatic rings. The van der Waals surface area contributed by atoms with Crippen LogP contribution in [0.5, 0.6) is 11.5 Å². The Morgan fingerprint density at radius 2 is 1.62 bits per heavy atom. The number of nitrogens with one attached hydrogen (secondary N) is 2. The third-order valence-corrected chi connectivity index (χ3v) is 2.92. The van der Waals surface area contributed by atoms with Crippen molar-refractivity contribution in [1.82, 2.24) is 10.9 Å². The van der Waals surface area contributed by atoms with Crippen molar-refractivity contribution in [2.24, 2.45) is 0 Å². The lowest BCUT2D eigenvalue weighted by atomic mass is 10.2. The summed E-state index contributed by atoms with van der Waals surface area (Å²) in [6.07, 6.45) is -0.0622. The quantitative estimate of drug-likeness (QED) is 0.798. The van der Waals surface area contributed by atoms with Crippen LogP contribution in [0.1, 0.15) is 24.2 Å². The molecule has 0 aromatic heterocycles. The van der Waals surface area contributed by atoms with E-state index in [0.717, 1.165) is 0 Å². The fourth-order valence-electron chi connectivity index (χ4n) is 1.91. The van der Waals surface area contributed by atoms with Gasteiger partial charge < -0.3 is 9.47 Å². The summed E-state index contributed by atoms with van der Waals surface area (Å²) in [5, 5.41) is 0. The van der Waals surface area contributed by atoms with E-state index >= 15 is 0 Å². The van der Waals surface area contributed by atoms with E-state index in [1.165, 1.54) is 0 Å². The van der Waals surface area contributed by atoms with Gasteiger partial charge in [-0.15, -0.1) is 0 Å². The maximum absolute atomic E-state index is 12.2. The van der Waals surface area contributed by atoms with Crippen molar-refractivity contribution in [2.45, 2.75) is 20.0 Å². The number of hydrazine groups is 1. The summed E-state index contributed by atoms with van der Waals surface area (Å²) in [6, 6.07) is 15.8. The lowest BCUT2D eigenvalue weighted by Crippen LogP contribution is -2.44. The number of amides is 2. The van der Waals surface area contributed by atoms with E-state index in [-0.39, 0.29) is 12.7 Å². The summed E-state index contributed by atoms with van der Waals surface area (Å²) < 4.78 is 10.9. The van der Waals surface area contributed by atoms with Gasteiger partial charge in [0.05, 0.1) is 11.7 Å². The summed E-state index contributed by atoms with van der Waals surface area (Å²) in [5.74, 6) is 0.114. The molecule has 0 unspecified atom stereocenters. The van der Waals surface area contributed by atoms with Crippen LogP contribution < -0.4 is 20.3 Å². The summed E-state index contributed by atoms with van der Waals surface area (Å²) in [5.41, 5.74) is 5.01. The Labute approximate surface area is 140 Å². The van der Waals surface area contributed by atoms with Crippen molar-refractivity contribution < 1.29 is 19.1 Å². The fraction of sp³-hybridized carbons (Fsp3) is 0.222. The van der Waals surface area contributed by atoms with E-state index in [1.54, 1.807) is 48.5 Å². The number of ether oxygens (including phenoxy) is 2. The molecule has 2 aromatic carbocycles. The molecular weight excluding hydrogens is 308 g/mol. The van der Waals surface area contributed by atoms with Gasteiger partial charge in [0.15, 0.2) is 6.61 Å². The highest BCUT2D eigenvalue weighted by Gasteiger charge is 2.14. The summed E-state index contributed by atoms with van der Waals surface area (Å²) in [7, 11) is 0. The first-order valence-electron chi connectivity index (χ1n) is 7.59. The topological polar surface area (TPSA) is 76.7 Å². The summed E-state index contributed by atoms with van der Waals surface area (Å²) in [6.45, 7) is 3.54. The Bertz CT molecular complexity index is 686. The molecule has 0 heterocycles. The van der Waals surface area contributed by atoms with E-state index in [1.807, 2.05) is 19.9 Å². The van der Waals surface area contributed by atoms with Crippen LogP contribution in [0.15, 0.2) is 54.6 Å². The molecule has 2 N–H and O–H groups in total. The van der Waals surface area contributed by atoms with Crippen LogP contribution in [-0.2, 0) is 4.79 Å². The van der Waals surface area contributed by atoms with Gasteiger partial charge in [-0.05, 0) is 38.1 Å². The second-order valence-corrected chi connectivity index (χ2v) is 5.27. The molecule has 2 amide bonds. The molecule has 6 nitrogen and oxygen atoms in total. The first kappa shape index (κ1) is 17.3. The molecule has 6 heteroatoms. The molecule has 126 valence electrons. The molecular formula is C18H20N2O4. The SMILES string of the molecule is CC(C)Oc1ccccc1C(=O)NNC(=O)COc1ccccc1. The number of hydrogen-bond donors (Lipinski definition) is 2. The largest absolute Gasteiger partial charge is 0.490 e. The molecule has 0 aliphatic rings. The Morgan fingerprint density at radius 1 is 0.958 bits per heavy atom. The number of carbonyl (C=O) groups excluding carboxylic acids is 2. The highest BCUT2D eigenvalue weighted by atomic mass is 16.5. The molecule has 0 spiro atoms. The van der Waals surface area contributed by atoms with Gasteiger partial charge in [-0.2, -0.15) is 0 Å². The molecule has 0 aliphatic heterocycles. The number of carbonyl (C=O) groups is 2.